The molecule has 0 heterocycles. The number of nitrogens with two attached hydrogens (primary N) is 1. The van der Waals surface area contributed by atoms with E-state index in [1.165, 1.54) is 0 Å². The van der Waals surface area contributed by atoms with Crippen LogP contribution in [0.4, 0.5) is 0 Å². The molecule has 0 aromatic heterocycles. The molecule has 4 heteroatoms. The first-order valence-electron chi connectivity index (χ1n) is 7.59. The van der Waals surface area contributed by atoms with Crippen LogP contribution in [0.1, 0.15) is 56.8 Å². The summed E-state index contributed by atoms with van der Waals surface area (Å²) in [7, 11) is 0. The molecule has 1 rings (SSSR count). The Morgan fingerprint density at radius 1 is 1.29 bits per heavy atom. The minimum atomic E-state index is -0.631. The normalized spacial score (nSPS) is 12.2. The summed E-state index contributed by atoms with van der Waals surface area (Å²) in [6, 6.07) is 5.65. The molecule has 0 saturated heterocycles. The maximum Gasteiger partial charge on any atom is 0.0917 e. The van der Waals surface area contributed by atoms with Crippen LogP contribution in [0.25, 0.3) is 0 Å². The fourth-order valence-corrected chi connectivity index (χ4v) is 2.66. The number of aryl methyl sites for hydroxylation is 1. The molecule has 0 aliphatic rings. The molecule has 1 aromatic rings. The minimum absolute atomic E-state index is 0.418. The lowest BCUT2D eigenvalue weighted by Gasteiger charge is -2.14. The first-order valence-corrected chi connectivity index (χ1v) is 7.97. The molecule has 0 amide bonds. The van der Waals surface area contributed by atoms with Gasteiger partial charge in [-0.3, -0.25) is 0 Å². The monoisotopic (exact) mass is 311 g/mol. The molecule has 0 aliphatic carbocycles. The summed E-state index contributed by atoms with van der Waals surface area (Å²) < 4.78 is 0. The van der Waals surface area contributed by atoms with E-state index in [0.717, 1.165) is 30.4 Å². The third kappa shape index (κ3) is 5.34. The lowest BCUT2D eigenvalue weighted by Crippen LogP contribution is -2.07. The van der Waals surface area contributed by atoms with Gasteiger partial charge in [0.05, 0.1) is 11.9 Å². The topological polar surface area (TPSA) is 66.5 Å². The molecule has 118 valence electrons. The third-order valence-corrected chi connectivity index (χ3v) is 4.12. The van der Waals surface area contributed by atoms with E-state index in [1.54, 1.807) is 6.07 Å². The Balaban J connectivity index is 2.81. The predicted molar refractivity (Wildman–Crippen MR) is 88.6 cm³/mol. The number of benzene rings is 1. The average molecular weight is 312 g/mol. The van der Waals surface area contributed by atoms with E-state index in [2.05, 4.69) is 13.8 Å². The van der Waals surface area contributed by atoms with Crippen LogP contribution in [0.15, 0.2) is 29.5 Å². The van der Waals surface area contributed by atoms with Gasteiger partial charge in [0.1, 0.15) is 0 Å². The molecule has 0 saturated carbocycles. The molecular weight excluding hydrogens is 286 g/mol. The highest BCUT2D eigenvalue weighted by molar-refractivity contribution is 6.31. The molecule has 1 aromatic carbocycles. The van der Waals surface area contributed by atoms with Crippen LogP contribution in [0.2, 0.25) is 5.02 Å². The van der Waals surface area contributed by atoms with Crippen molar-refractivity contribution in [2.24, 2.45) is 5.73 Å². The van der Waals surface area contributed by atoms with Crippen LogP contribution in [0.5, 0.6) is 0 Å². The van der Waals surface area contributed by atoms with Crippen molar-refractivity contribution >= 4 is 11.6 Å². The fraction of sp³-hybridized carbons (Fsp3) is 0.529. The first-order chi connectivity index (χ1) is 10.0. The summed E-state index contributed by atoms with van der Waals surface area (Å²) in [6.07, 6.45) is 2.96. The Bertz CT molecular complexity index is 480. The molecular formula is C17H26ClNO2. The van der Waals surface area contributed by atoms with Gasteiger partial charge in [0, 0.05) is 11.4 Å². The average Bonchev–Trinajstić information content (AvgIpc) is 2.47. The van der Waals surface area contributed by atoms with Crippen LogP contribution in [-0.4, -0.2) is 16.8 Å². The van der Waals surface area contributed by atoms with Crippen molar-refractivity contribution in [2.75, 3.05) is 6.54 Å². The van der Waals surface area contributed by atoms with Gasteiger partial charge in [-0.2, -0.15) is 0 Å². The largest absolute Gasteiger partial charge is 0.512 e. The van der Waals surface area contributed by atoms with Gasteiger partial charge in [-0.15, -0.1) is 0 Å². The summed E-state index contributed by atoms with van der Waals surface area (Å²) in [5.41, 5.74) is 8.35. The summed E-state index contributed by atoms with van der Waals surface area (Å²) in [5.74, 6) is 0.485. The number of allylic oxidation sites excluding steroid dienone is 2. The maximum absolute atomic E-state index is 10.1. The van der Waals surface area contributed by atoms with Crippen molar-refractivity contribution in [2.45, 2.75) is 52.1 Å². The quantitative estimate of drug-likeness (QED) is 0.627. The van der Waals surface area contributed by atoms with Crippen molar-refractivity contribution in [1.29, 1.82) is 0 Å². The number of aliphatic hydroxyl groups is 2. The molecule has 3 nitrogen and oxygen atoms in total. The molecule has 0 bridgehead atoms. The SMILES string of the molecule is CCC(CC)=C(O)CCc1ccc(Cl)c(C(O)CCN)c1. The number of aliphatic hydroxyl groups excluding tert-OH is 2. The van der Waals surface area contributed by atoms with Crippen molar-refractivity contribution in [3.8, 4) is 0 Å². The molecule has 4 N–H and O–H groups in total. The Hall–Kier alpha value is -1.03. The van der Waals surface area contributed by atoms with Crippen LogP contribution >= 0.6 is 11.6 Å². The molecule has 21 heavy (non-hydrogen) atoms. The van der Waals surface area contributed by atoms with E-state index < -0.39 is 6.10 Å². The first kappa shape index (κ1) is 18.0. The van der Waals surface area contributed by atoms with Crippen LogP contribution < -0.4 is 5.73 Å². The van der Waals surface area contributed by atoms with Crippen molar-refractivity contribution in [3.63, 3.8) is 0 Å². The molecule has 0 aliphatic heterocycles. The Morgan fingerprint density at radius 3 is 2.52 bits per heavy atom. The second-order valence-corrected chi connectivity index (χ2v) is 5.61. The summed E-state index contributed by atoms with van der Waals surface area (Å²) in [4.78, 5) is 0. The molecule has 0 fully saturated rings. The lowest BCUT2D eigenvalue weighted by molar-refractivity contribution is 0.170. The smallest absolute Gasteiger partial charge is 0.0917 e. The zero-order valence-electron chi connectivity index (χ0n) is 12.9. The Kier molecular flexibility index (Phi) is 7.79. The second kappa shape index (κ2) is 9.08. The highest BCUT2D eigenvalue weighted by atomic mass is 35.5. The van der Waals surface area contributed by atoms with Crippen LogP contribution in [-0.2, 0) is 6.42 Å². The highest BCUT2D eigenvalue weighted by Gasteiger charge is 2.12. The minimum Gasteiger partial charge on any atom is -0.512 e. The highest BCUT2D eigenvalue weighted by Crippen LogP contribution is 2.27. The standard InChI is InChI=1S/C17H26ClNO2/c1-3-13(4-2)16(20)8-6-12-5-7-15(18)14(11-12)17(21)9-10-19/h5,7,11,17,20-21H,3-4,6,8-10,19H2,1-2H3. The number of hydrogen-bond acceptors (Lipinski definition) is 3. The van der Waals surface area contributed by atoms with E-state index >= 15 is 0 Å². The van der Waals surface area contributed by atoms with Gasteiger partial charge in [-0.25, -0.2) is 0 Å². The molecule has 0 spiro atoms. The van der Waals surface area contributed by atoms with Gasteiger partial charge in [0.2, 0.25) is 0 Å². The van der Waals surface area contributed by atoms with E-state index in [1.807, 2.05) is 12.1 Å². The molecule has 1 atom stereocenters. The summed E-state index contributed by atoms with van der Waals surface area (Å²) in [6.45, 7) is 4.53. The number of halogens is 1. The third-order valence-electron chi connectivity index (χ3n) is 3.77. The zero-order valence-corrected chi connectivity index (χ0v) is 13.7. The van der Waals surface area contributed by atoms with Gasteiger partial charge in [-0.05, 0) is 55.0 Å². The lowest BCUT2D eigenvalue weighted by atomic mass is 9.99. The predicted octanol–water partition coefficient (Wildman–Crippen LogP) is 4.29. The molecule has 0 radical (unpaired) electrons. The van der Waals surface area contributed by atoms with E-state index in [9.17, 15) is 10.2 Å². The number of hydrogen-bond donors (Lipinski definition) is 3. The van der Waals surface area contributed by atoms with Crippen molar-refractivity contribution < 1.29 is 10.2 Å². The molecule has 1 unspecified atom stereocenters. The summed E-state index contributed by atoms with van der Waals surface area (Å²) in [5, 5.41) is 20.7. The van der Waals surface area contributed by atoms with Gasteiger partial charge < -0.3 is 15.9 Å². The van der Waals surface area contributed by atoms with Gasteiger partial charge >= 0.3 is 0 Å². The van der Waals surface area contributed by atoms with Crippen LogP contribution in [0.3, 0.4) is 0 Å². The van der Waals surface area contributed by atoms with Gasteiger partial charge in [0.15, 0.2) is 0 Å². The Labute approximate surface area is 132 Å². The van der Waals surface area contributed by atoms with E-state index in [0.29, 0.717) is 35.7 Å². The maximum atomic E-state index is 10.1. The fourth-order valence-electron chi connectivity index (χ4n) is 2.42. The van der Waals surface area contributed by atoms with Gasteiger partial charge in [-0.1, -0.05) is 37.6 Å². The van der Waals surface area contributed by atoms with E-state index in [4.69, 9.17) is 17.3 Å². The van der Waals surface area contributed by atoms with E-state index in [-0.39, 0.29) is 0 Å². The Morgan fingerprint density at radius 2 is 1.95 bits per heavy atom. The summed E-state index contributed by atoms with van der Waals surface area (Å²) >= 11 is 6.13. The van der Waals surface area contributed by atoms with Crippen molar-refractivity contribution in [3.05, 3.63) is 45.7 Å². The second-order valence-electron chi connectivity index (χ2n) is 5.21. The zero-order chi connectivity index (χ0) is 15.8. The van der Waals surface area contributed by atoms with Crippen molar-refractivity contribution in [1.82, 2.24) is 0 Å². The van der Waals surface area contributed by atoms with Crippen LogP contribution in [0, 0.1) is 0 Å². The number of rotatable bonds is 8. The van der Waals surface area contributed by atoms with Gasteiger partial charge in [0.25, 0.3) is 0 Å².